The minimum Gasteiger partial charge on any atom is -0.453 e. The molecule has 0 saturated heterocycles. The molecule has 0 aromatic heterocycles. The van der Waals surface area contributed by atoms with E-state index in [0.717, 1.165) is 0 Å². The van der Waals surface area contributed by atoms with Crippen LogP contribution >= 0.6 is 0 Å². The average molecular weight is 247 g/mol. The molecule has 0 saturated carbocycles. The molecule has 0 N–H and O–H groups in total. The van der Waals surface area contributed by atoms with E-state index in [1.165, 1.54) is 0 Å². The third-order valence-corrected chi connectivity index (χ3v) is 8.58. The Morgan fingerprint density at radius 1 is 0.714 bits per heavy atom. The van der Waals surface area contributed by atoms with Crippen LogP contribution in [0, 0.1) is 0 Å². The van der Waals surface area contributed by atoms with Gasteiger partial charge in [0.25, 0.3) is 0 Å². The molecule has 1 nitrogen and oxygen atoms in total. The predicted molar refractivity (Wildman–Crippen MR) is 74.4 cm³/mol. The summed E-state index contributed by atoms with van der Waals surface area (Å²) >= 11 is 0. The molecule has 0 aromatic rings. The molecule has 0 rings (SSSR count). The molecule has 0 fully saturated rings. The van der Waals surface area contributed by atoms with E-state index in [-0.39, 0.29) is 0 Å². The van der Waals surface area contributed by atoms with E-state index in [4.69, 9.17) is 4.12 Å². The van der Waals surface area contributed by atoms with Gasteiger partial charge in [0.05, 0.1) is 8.07 Å². The maximum absolute atomic E-state index is 6.23. The molecule has 0 aliphatic carbocycles. The summed E-state index contributed by atoms with van der Waals surface area (Å²) in [5, 5.41) is 0. The second kappa shape index (κ2) is 4.47. The Hall–Kier alpha value is 0.351. The van der Waals surface area contributed by atoms with E-state index < -0.39 is 24.7 Å². The highest BCUT2D eigenvalue weighted by molar-refractivity contribution is 6.89. The van der Waals surface area contributed by atoms with E-state index in [9.17, 15) is 0 Å². The van der Waals surface area contributed by atoms with Crippen LogP contribution in [0.1, 0.15) is 0 Å². The topological polar surface area (TPSA) is 9.23 Å². The van der Waals surface area contributed by atoms with Crippen LogP contribution in [0.5, 0.6) is 0 Å². The molecule has 0 aliphatic heterocycles. The number of hydrogen-bond donors (Lipinski definition) is 0. The summed E-state index contributed by atoms with van der Waals surface area (Å²) in [5.74, 6) is 0. The van der Waals surface area contributed by atoms with Crippen molar-refractivity contribution in [1.82, 2.24) is 0 Å². The van der Waals surface area contributed by atoms with Gasteiger partial charge in [0.15, 0.2) is 16.6 Å². The second-order valence-corrected chi connectivity index (χ2v) is 20.2. The van der Waals surface area contributed by atoms with E-state index in [2.05, 4.69) is 63.8 Å². The summed E-state index contributed by atoms with van der Waals surface area (Å²) in [6.07, 6.45) is 0. The molecule has 4 heteroatoms. The molecule has 0 atom stereocenters. The molecule has 0 aliphatic rings. The Kier molecular flexibility index (Phi) is 4.58. The predicted octanol–water partition coefficient (Wildman–Crippen LogP) is 4.02. The van der Waals surface area contributed by atoms with Gasteiger partial charge in [0.2, 0.25) is 0 Å². The quantitative estimate of drug-likeness (QED) is 0.681. The molecule has 14 heavy (non-hydrogen) atoms. The van der Waals surface area contributed by atoms with Gasteiger partial charge in [0, 0.05) is 0 Å². The average Bonchev–Trinajstić information content (AvgIpc) is 1.76. The van der Waals surface area contributed by atoms with Gasteiger partial charge in [-0.25, -0.2) is 0 Å². The lowest BCUT2D eigenvalue weighted by molar-refractivity contribution is 0.565. The highest BCUT2D eigenvalue weighted by Gasteiger charge is 2.27. The van der Waals surface area contributed by atoms with Crippen molar-refractivity contribution in [2.24, 2.45) is 0 Å². The Balaban J connectivity index is 4.43. The van der Waals surface area contributed by atoms with Crippen LogP contribution in [0.25, 0.3) is 0 Å². The maximum atomic E-state index is 6.23. The van der Waals surface area contributed by atoms with E-state index >= 15 is 0 Å². The largest absolute Gasteiger partial charge is 0.453 e. The first-order valence-electron chi connectivity index (χ1n) is 5.32. The van der Waals surface area contributed by atoms with Crippen LogP contribution < -0.4 is 0 Å². The third-order valence-electron chi connectivity index (χ3n) is 1.55. The molecule has 0 bridgehead atoms. The van der Waals surface area contributed by atoms with Crippen LogP contribution in [-0.4, -0.2) is 24.7 Å². The fraction of sp³-hybridized carbons (Fsp3) is 0.800. The van der Waals surface area contributed by atoms with Crippen molar-refractivity contribution in [3.05, 3.63) is 11.4 Å². The summed E-state index contributed by atoms with van der Waals surface area (Å²) in [5.41, 5.74) is 4.82. The molecule has 0 unspecified atom stereocenters. The lowest BCUT2D eigenvalue weighted by Crippen LogP contribution is -2.41. The molecule has 0 radical (unpaired) electrons. The van der Waals surface area contributed by atoms with Gasteiger partial charge in [-0.05, 0) is 32.7 Å². The Morgan fingerprint density at radius 3 is 1.43 bits per heavy atom. The Morgan fingerprint density at radius 2 is 1.14 bits per heavy atom. The van der Waals surface area contributed by atoms with Crippen LogP contribution in [0.15, 0.2) is 11.4 Å². The molecular weight excluding hydrogens is 220 g/mol. The first-order valence-corrected chi connectivity index (χ1v) is 15.3. The van der Waals surface area contributed by atoms with E-state index in [1.807, 2.05) is 0 Å². The molecular formula is C10H26OSi3. The van der Waals surface area contributed by atoms with Crippen molar-refractivity contribution in [2.45, 2.75) is 52.4 Å². The first-order chi connectivity index (χ1) is 5.91. The van der Waals surface area contributed by atoms with Crippen molar-refractivity contribution in [3.8, 4) is 0 Å². The van der Waals surface area contributed by atoms with Gasteiger partial charge < -0.3 is 4.12 Å². The Bertz CT molecular complexity index is 208. The zero-order chi connectivity index (χ0) is 11.6. The van der Waals surface area contributed by atoms with Gasteiger partial charge in [-0.3, -0.25) is 0 Å². The van der Waals surface area contributed by atoms with Crippen molar-refractivity contribution >= 4 is 24.7 Å². The number of hydrogen-bond acceptors (Lipinski definition) is 1. The standard InChI is InChI=1S/C10H26OSi3/c1-12(2,3)9-10-14(7,8)11-13(4,5)6/h9-10H,1-8H3/b10-9+. The smallest absolute Gasteiger partial charge is 0.197 e. The minimum absolute atomic E-state index is 1.05. The SMILES string of the molecule is C[Si](C)(C)/C=C/[Si](C)(C)O[Si](C)(C)C. The third kappa shape index (κ3) is 8.93. The van der Waals surface area contributed by atoms with Gasteiger partial charge in [0.1, 0.15) is 0 Å². The van der Waals surface area contributed by atoms with Gasteiger partial charge in [-0.1, -0.05) is 25.3 Å². The molecule has 0 amide bonds. The van der Waals surface area contributed by atoms with Gasteiger partial charge >= 0.3 is 0 Å². The van der Waals surface area contributed by atoms with Crippen molar-refractivity contribution in [2.75, 3.05) is 0 Å². The van der Waals surface area contributed by atoms with Gasteiger partial charge in [-0.15, -0.1) is 5.70 Å². The van der Waals surface area contributed by atoms with Crippen LogP contribution in [0.3, 0.4) is 0 Å². The summed E-state index contributed by atoms with van der Waals surface area (Å²) in [4.78, 5) is 0. The summed E-state index contributed by atoms with van der Waals surface area (Å²) in [7, 11) is -3.95. The summed E-state index contributed by atoms with van der Waals surface area (Å²) in [6, 6.07) is 0. The molecule has 0 heterocycles. The zero-order valence-corrected chi connectivity index (χ0v) is 14.1. The first kappa shape index (κ1) is 14.4. The van der Waals surface area contributed by atoms with Crippen LogP contribution in [0.4, 0.5) is 0 Å². The van der Waals surface area contributed by atoms with Crippen LogP contribution in [-0.2, 0) is 4.12 Å². The lowest BCUT2D eigenvalue weighted by Gasteiger charge is -2.29. The maximum Gasteiger partial charge on any atom is 0.197 e. The molecule has 84 valence electrons. The second-order valence-electron chi connectivity index (χ2n) is 6.52. The van der Waals surface area contributed by atoms with Crippen molar-refractivity contribution < 1.29 is 4.12 Å². The summed E-state index contributed by atoms with van der Waals surface area (Å²) < 4.78 is 6.23. The lowest BCUT2D eigenvalue weighted by atomic mass is 11.2. The molecule has 0 spiro atoms. The fourth-order valence-corrected chi connectivity index (χ4v) is 11.5. The zero-order valence-electron chi connectivity index (χ0n) is 11.1. The van der Waals surface area contributed by atoms with E-state index in [1.54, 1.807) is 0 Å². The monoisotopic (exact) mass is 246 g/mol. The normalized spacial score (nSPS) is 15.1. The van der Waals surface area contributed by atoms with Crippen molar-refractivity contribution in [1.29, 1.82) is 0 Å². The van der Waals surface area contributed by atoms with E-state index in [0.29, 0.717) is 0 Å². The Labute approximate surface area is 92.8 Å². The molecule has 0 aromatic carbocycles. The van der Waals surface area contributed by atoms with Crippen LogP contribution in [0.2, 0.25) is 52.4 Å². The summed E-state index contributed by atoms with van der Waals surface area (Å²) in [6.45, 7) is 18.5. The van der Waals surface area contributed by atoms with Crippen molar-refractivity contribution in [3.63, 3.8) is 0 Å². The minimum atomic E-state index is -1.53. The number of rotatable bonds is 4. The van der Waals surface area contributed by atoms with Gasteiger partial charge in [-0.2, -0.15) is 0 Å². The highest BCUT2D eigenvalue weighted by atomic mass is 28.4. The highest BCUT2D eigenvalue weighted by Crippen LogP contribution is 2.16. The fourth-order valence-electron chi connectivity index (χ4n) is 1.27.